The van der Waals surface area contributed by atoms with Gasteiger partial charge in [0.05, 0.1) is 12.6 Å². The second-order valence-electron chi connectivity index (χ2n) is 9.71. The third-order valence-corrected chi connectivity index (χ3v) is 8.51. The number of nitrogens with zero attached hydrogens (tertiary/aromatic N) is 3. The van der Waals surface area contributed by atoms with Crippen molar-refractivity contribution in [1.82, 2.24) is 14.9 Å². The van der Waals surface area contributed by atoms with Crippen LogP contribution in [0.2, 0.25) is 0 Å². The molecule has 0 unspecified atom stereocenters. The van der Waals surface area contributed by atoms with Crippen LogP contribution in [0.4, 0.5) is 14.5 Å². The fourth-order valence-corrected chi connectivity index (χ4v) is 5.92. The largest absolute Gasteiger partial charge is 0.480 e. The zero-order valence-electron chi connectivity index (χ0n) is 23.4. The van der Waals surface area contributed by atoms with Crippen molar-refractivity contribution in [2.45, 2.75) is 25.3 Å². The average molecular weight is 589 g/mol. The van der Waals surface area contributed by atoms with E-state index >= 15 is 0 Å². The summed E-state index contributed by atoms with van der Waals surface area (Å²) in [6, 6.07) is 20.0. The summed E-state index contributed by atoms with van der Waals surface area (Å²) in [4.78, 5) is 10.5. The SMILES string of the molecule is CCN(CC)Cc1ccc(-c2ccnc3ccc(-c4cnc(OC)c(NS(=O)(=O)c5ccc(F)cc5F)c4)cc23)cc1. The van der Waals surface area contributed by atoms with Crippen LogP contribution >= 0.6 is 0 Å². The second-order valence-corrected chi connectivity index (χ2v) is 11.4. The summed E-state index contributed by atoms with van der Waals surface area (Å²) in [5, 5.41) is 0.915. The summed E-state index contributed by atoms with van der Waals surface area (Å²) >= 11 is 0. The number of aromatic nitrogens is 2. The molecule has 0 atom stereocenters. The predicted molar refractivity (Wildman–Crippen MR) is 161 cm³/mol. The monoisotopic (exact) mass is 588 g/mol. The van der Waals surface area contributed by atoms with Crippen molar-refractivity contribution in [3.63, 3.8) is 0 Å². The summed E-state index contributed by atoms with van der Waals surface area (Å²) < 4.78 is 61.2. The number of pyridine rings is 2. The van der Waals surface area contributed by atoms with Crippen LogP contribution < -0.4 is 9.46 Å². The Morgan fingerprint density at radius 3 is 2.29 bits per heavy atom. The topological polar surface area (TPSA) is 84.4 Å². The van der Waals surface area contributed by atoms with Crippen molar-refractivity contribution >= 4 is 26.6 Å². The lowest BCUT2D eigenvalue weighted by Crippen LogP contribution is -2.21. The Hall–Kier alpha value is -4.41. The number of fused-ring (bicyclic) bond motifs is 1. The van der Waals surface area contributed by atoms with E-state index in [0.29, 0.717) is 11.6 Å². The molecular formula is C32H30F2N4O3S. The molecule has 3 aromatic carbocycles. The Morgan fingerprint density at radius 1 is 0.857 bits per heavy atom. The van der Waals surface area contributed by atoms with Crippen LogP contribution in [0.15, 0.2) is 90.1 Å². The molecular weight excluding hydrogens is 558 g/mol. The summed E-state index contributed by atoms with van der Waals surface area (Å²) in [6.07, 6.45) is 3.34. The van der Waals surface area contributed by atoms with Crippen molar-refractivity contribution in [3.8, 4) is 28.1 Å². The van der Waals surface area contributed by atoms with Gasteiger partial charge in [0.15, 0.2) is 0 Å². The zero-order chi connectivity index (χ0) is 29.9. The van der Waals surface area contributed by atoms with Crippen LogP contribution in [0.3, 0.4) is 0 Å². The van der Waals surface area contributed by atoms with Crippen molar-refractivity contribution in [2.75, 3.05) is 24.9 Å². The number of halogens is 2. The van der Waals surface area contributed by atoms with E-state index in [2.05, 4.69) is 57.7 Å². The quantitative estimate of drug-likeness (QED) is 0.191. The lowest BCUT2D eigenvalue weighted by atomic mass is 9.97. The van der Waals surface area contributed by atoms with Crippen LogP contribution in [0, 0.1) is 11.6 Å². The molecule has 0 spiro atoms. The highest BCUT2D eigenvalue weighted by Crippen LogP contribution is 2.34. The van der Waals surface area contributed by atoms with E-state index in [1.54, 1.807) is 18.5 Å². The first-order chi connectivity index (χ1) is 20.2. The summed E-state index contributed by atoms with van der Waals surface area (Å²) in [5.41, 5.74) is 5.46. The molecule has 2 heterocycles. The van der Waals surface area contributed by atoms with Crippen molar-refractivity contribution in [2.24, 2.45) is 0 Å². The predicted octanol–water partition coefficient (Wildman–Crippen LogP) is 6.89. The maximum Gasteiger partial charge on any atom is 0.264 e. The van der Waals surface area contributed by atoms with E-state index in [9.17, 15) is 17.2 Å². The van der Waals surface area contributed by atoms with Crippen LogP contribution in [0.25, 0.3) is 33.2 Å². The molecule has 2 aromatic heterocycles. The smallest absolute Gasteiger partial charge is 0.264 e. The maximum atomic E-state index is 14.3. The lowest BCUT2D eigenvalue weighted by Gasteiger charge is -2.18. The van der Waals surface area contributed by atoms with Gasteiger partial charge in [-0.25, -0.2) is 22.2 Å². The average Bonchev–Trinajstić information content (AvgIpc) is 2.99. The van der Waals surface area contributed by atoms with Crippen LogP contribution in [-0.2, 0) is 16.6 Å². The van der Waals surface area contributed by atoms with E-state index in [4.69, 9.17) is 4.74 Å². The van der Waals surface area contributed by atoms with E-state index in [0.717, 1.165) is 59.4 Å². The molecule has 5 aromatic rings. The minimum absolute atomic E-state index is 0.00205. The van der Waals surface area contributed by atoms with Gasteiger partial charge in [0.25, 0.3) is 10.0 Å². The first-order valence-electron chi connectivity index (χ1n) is 13.4. The third-order valence-electron chi connectivity index (χ3n) is 7.11. The summed E-state index contributed by atoms with van der Waals surface area (Å²) in [7, 11) is -3.06. The number of ether oxygens (including phenoxy) is 1. The molecule has 0 amide bonds. The Bertz CT molecular complexity index is 1840. The minimum atomic E-state index is -4.41. The van der Waals surface area contributed by atoms with Crippen molar-refractivity contribution in [1.29, 1.82) is 0 Å². The van der Waals surface area contributed by atoms with Gasteiger partial charge in [-0.05, 0) is 71.7 Å². The van der Waals surface area contributed by atoms with Crippen LogP contribution in [-0.4, -0.2) is 43.5 Å². The first-order valence-corrected chi connectivity index (χ1v) is 14.9. The number of hydrogen-bond donors (Lipinski definition) is 1. The number of benzene rings is 3. The Balaban J connectivity index is 1.51. The molecule has 7 nitrogen and oxygen atoms in total. The summed E-state index contributed by atoms with van der Waals surface area (Å²) in [6.45, 7) is 7.17. The van der Waals surface area contributed by atoms with Crippen LogP contribution in [0.5, 0.6) is 5.88 Å². The number of rotatable bonds is 10. The molecule has 0 aliphatic rings. The highest BCUT2D eigenvalue weighted by Gasteiger charge is 2.22. The van der Waals surface area contributed by atoms with Gasteiger partial charge in [-0.3, -0.25) is 14.6 Å². The van der Waals surface area contributed by atoms with E-state index in [1.807, 2.05) is 24.3 Å². The van der Waals surface area contributed by atoms with Gasteiger partial charge in [-0.15, -0.1) is 0 Å². The first kappa shape index (κ1) is 29.1. The molecule has 5 rings (SSSR count). The van der Waals surface area contributed by atoms with Gasteiger partial charge >= 0.3 is 0 Å². The van der Waals surface area contributed by atoms with Gasteiger partial charge in [0, 0.05) is 36.0 Å². The molecule has 0 radical (unpaired) electrons. The molecule has 0 saturated carbocycles. The molecule has 216 valence electrons. The molecule has 0 fully saturated rings. The summed E-state index contributed by atoms with van der Waals surface area (Å²) in [5.74, 6) is -2.09. The number of hydrogen-bond acceptors (Lipinski definition) is 6. The van der Waals surface area contributed by atoms with Crippen molar-refractivity contribution < 1.29 is 21.9 Å². The fourth-order valence-electron chi connectivity index (χ4n) is 4.81. The normalized spacial score (nSPS) is 11.7. The van der Waals surface area contributed by atoms with Gasteiger partial charge < -0.3 is 4.74 Å². The standard InChI is InChI=1S/C32H30F2N4O3S/c1-4-38(5-2)20-21-6-8-22(9-7-21)26-14-15-35-29-12-10-23(16-27(26)29)24-17-30(32(41-3)36-19-24)37-42(39,40)31-13-11-25(33)18-28(31)34/h6-19,37H,4-5,20H2,1-3H3. The lowest BCUT2D eigenvalue weighted by molar-refractivity contribution is 0.296. The Kier molecular flexibility index (Phi) is 8.46. The zero-order valence-corrected chi connectivity index (χ0v) is 24.3. The Labute approximate surface area is 243 Å². The van der Waals surface area contributed by atoms with E-state index in [-0.39, 0.29) is 11.6 Å². The Morgan fingerprint density at radius 2 is 1.60 bits per heavy atom. The number of methoxy groups -OCH3 is 1. The molecule has 0 bridgehead atoms. The fraction of sp³-hybridized carbons (Fsp3) is 0.188. The highest BCUT2D eigenvalue weighted by atomic mass is 32.2. The van der Waals surface area contributed by atoms with Crippen LogP contribution in [0.1, 0.15) is 19.4 Å². The molecule has 10 heteroatoms. The second kappa shape index (κ2) is 12.2. The minimum Gasteiger partial charge on any atom is -0.480 e. The molecule has 0 saturated heterocycles. The van der Waals surface area contributed by atoms with Gasteiger partial charge in [-0.2, -0.15) is 0 Å². The number of sulfonamides is 1. The van der Waals surface area contributed by atoms with E-state index in [1.165, 1.54) is 12.7 Å². The molecule has 42 heavy (non-hydrogen) atoms. The number of nitrogens with one attached hydrogen (secondary N) is 1. The van der Waals surface area contributed by atoms with Gasteiger partial charge in [0.2, 0.25) is 5.88 Å². The maximum absolute atomic E-state index is 14.3. The molecule has 0 aliphatic heterocycles. The third kappa shape index (κ3) is 6.09. The van der Waals surface area contributed by atoms with E-state index < -0.39 is 26.6 Å². The number of anilines is 1. The molecule has 0 aliphatic carbocycles. The van der Waals surface area contributed by atoms with Gasteiger partial charge in [-0.1, -0.05) is 44.2 Å². The van der Waals surface area contributed by atoms with Gasteiger partial charge in [0.1, 0.15) is 22.2 Å². The van der Waals surface area contributed by atoms with Crippen molar-refractivity contribution in [3.05, 3.63) is 102 Å². The highest BCUT2D eigenvalue weighted by molar-refractivity contribution is 7.92. The molecule has 1 N–H and O–H groups in total.